The van der Waals surface area contributed by atoms with Gasteiger partial charge in [0.2, 0.25) is 0 Å². The van der Waals surface area contributed by atoms with Gasteiger partial charge < -0.3 is 9.47 Å². The standard InChI is InChI=1S/C17H19NO5/c1-11(19)23-16-8-13-7-14(20)9-15(16)18(13)17(21)22-10-12-5-3-2-4-6-12/h2-6,13,15-16H,7-10H2,1H3/t13-,15-,16-/m0/s1. The summed E-state index contributed by atoms with van der Waals surface area (Å²) in [6, 6.07) is 8.76. The molecule has 0 aliphatic carbocycles. The summed E-state index contributed by atoms with van der Waals surface area (Å²) in [5.74, 6) is -0.297. The van der Waals surface area contributed by atoms with Crippen molar-refractivity contribution in [3.63, 3.8) is 0 Å². The number of carbonyl (C=O) groups excluding carboxylic acids is 3. The molecule has 0 radical (unpaired) electrons. The number of hydrogen-bond acceptors (Lipinski definition) is 5. The van der Waals surface area contributed by atoms with Crippen LogP contribution in [0.5, 0.6) is 0 Å². The Hall–Kier alpha value is -2.37. The molecule has 2 saturated heterocycles. The first-order valence-electron chi connectivity index (χ1n) is 7.72. The smallest absolute Gasteiger partial charge is 0.410 e. The number of rotatable bonds is 3. The van der Waals surface area contributed by atoms with E-state index in [1.165, 1.54) is 6.92 Å². The molecule has 0 N–H and O–H groups in total. The van der Waals surface area contributed by atoms with E-state index in [1.807, 2.05) is 30.3 Å². The van der Waals surface area contributed by atoms with Gasteiger partial charge in [-0.05, 0) is 5.56 Å². The maximum absolute atomic E-state index is 12.4. The lowest BCUT2D eigenvalue weighted by Crippen LogP contribution is -2.49. The third-order valence-corrected chi connectivity index (χ3v) is 4.32. The first-order chi connectivity index (χ1) is 11.0. The SMILES string of the molecule is CC(=O)O[C@H]1C[C@@H]2CC(=O)C[C@@H]1N2C(=O)OCc1ccccc1. The minimum Gasteiger partial charge on any atom is -0.460 e. The van der Waals surface area contributed by atoms with Crippen LogP contribution in [0.4, 0.5) is 4.79 Å². The fraction of sp³-hybridized carbons (Fsp3) is 0.471. The quantitative estimate of drug-likeness (QED) is 0.798. The van der Waals surface area contributed by atoms with Crippen LogP contribution in [0.15, 0.2) is 30.3 Å². The van der Waals surface area contributed by atoms with Crippen LogP contribution in [0.1, 0.15) is 31.7 Å². The van der Waals surface area contributed by atoms with Crippen LogP contribution >= 0.6 is 0 Å². The van der Waals surface area contributed by atoms with Crippen molar-refractivity contribution in [1.82, 2.24) is 4.90 Å². The number of hydrogen-bond donors (Lipinski definition) is 0. The molecule has 2 heterocycles. The van der Waals surface area contributed by atoms with Gasteiger partial charge in [0.25, 0.3) is 0 Å². The van der Waals surface area contributed by atoms with E-state index in [4.69, 9.17) is 9.47 Å². The van der Waals surface area contributed by atoms with Gasteiger partial charge in [-0.15, -0.1) is 0 Å². The number of ketones is 1. The lowest BCUT2D eigenvalue weighted by atomic mass is 10.0. The number of carbonyl (C=O) groups is 3. The van der Waals surface area contributed by atoms with Gasteiger partial charge in [-0.3, -0.25) is 14.5 Å². The highest BCUT2D eigenvalue weighted by Crippen LogP contribution is 2.36. The number of nitrogens with zero attached hydrogens (tertiary/aromatic N) is 1. The van der Waals surface area contributed by atoms with E-state index in [1.54, 1.807) is 4.90 Å². The fourth-order valence-electron chi connectivity index (χ4n) is 3.40. The molecule has 0 spiro atoms. The van der Waals surface area contributed by atoms with Gasteiger partial charge in [0, 0.05) is 32.2 Å². The Balaban J connectivity index is 1.67. The summed E-state index contributed by atoms with van der Waals surface area (Å²) in [5.41, 5.74) is 0.901. The van der Waals surface area contributed by atoms with Crippen LogP contribution in [0.25, 0.3) is 0 Å². The van der Waals surface area contributed by atoms with Crippen molar-refractivity contribution in [2.45, 2.75) is 51.0 Å². The zero-order valence-electron chi connectivity index (χ0n) is 12.9. The maximum atomic E-state index is 12.4. The van der Waals surface area contributed by atoms with E-state index in [9.17, 15) is 14.4 Å². The van der Waals surface area contributed by atoms with Crippen LogP contribution in [-0.4, -0.2) is 40.9 Å². The van der Waals surface area contributed by atoms with E-state index >= 15 is 0 Å². The fourth-order valence-corrected chi connectivity index (χ4v) is 3.40. The zero-order valence-corrected chi connectivity index (χ0v) is 12.9. The molecule has 0 saturated carbocycles. The number of benzene rings is 1. The van der Waals surface area contributed by atoms with Crippen molar-refractivity contribution in [2.24, 2.45) is 0 Å². The molecule has 1 aromatic carbocycles. The average Bonchev–Trinajstić information content (AvgIpc) is 2.73. The third-order valence-electron chi connectivity index (χ3n) is 4.32. The lowest BCUT2D eigenvalue weighted by Gasteiger charge is -2.33. The number of Topliss-reactive ketones (excluding diaryl/α,β-unsaturated/α-hetero) is 1. The molecule has 6 heteroatoms. The molecule has 2 aliphatic heterocycles. The topological polar surface area (TPSA) is 72.9 Å². The van der Waals surface area contributed by atoms with Crippen LogP contribution in [0.2, 0.25) is 0 Å². The molecular weight excluding hydrogens is 298 g/mol. The molecule has 23 heavy (non-hydrogen) atoms. The summed E-state index contributed by atoms with van der Waals surface area (Å²) in [7, 11) is 0. The van der Waals surface area contributed by atoms with Gasteiger partial charge in [-0.1, -0.05) is 30.3 Å². The lowest BCUT2D eigenvalue weighted by molar-refractivity contribution is -0.148. The Labute approximate surface area is 134 Å². The van der Waals surface area contributed by atoms with Crippen LogP contribution < -0.4 is 0 Å². The first kappa shape index (κ1) is 15.5. The first-order valence-corrected chi connectivity index (χ1v) is 7.72. The normalized spacial score (nSPS) is 26.0. The zero-order chi connectivity index (χ0) is 16.4. The monoisotopic (exact) mass is 317 g/mol. The molecule has 2 aliphatic rings. The molecule has 3 atom stereocenters. The highest BCUT2D eigenvalue weighted by atomic mass is 16.6. The van der Waals surface area contributed by atoms with E-state index < -0.39 is 24.2 Å². The molecule has 122 valence electrons. The van der Waals surface area contributed by atoms with E-state index in [2.05, 4.69) is 0 Å². The van der Waals surface area contributed by atoms with E-state index in [-0.39, 0.29) is 24.9 Å². The molecule has 1 aromatic rings. The second-order valence-electron chi connectivity index (χ2n) is 6.00. The molecule has 2 fully saturated rings. The average molecular weight is 317 g/mol. The Morgan fingerprint density at radius 1 is 1.22 bits per heavy atom. The summed E-state index contributed by atoms with van der Waals surface area (Å²) >= 11 is 0. The van der Waals surface area contributed by atoms with Crippen LogP contribution in [0, 0.1) is 0 Å². The molecule has 3 rings (SSSR count). The number of fused-ring (bicyclic) bond motifs is 2. The van der Waals surface area contributed by atoms with Gasteiger partial charge in [-0.25, -0.2) is 4.79 Å². The highest BCUT2D eigenvalue weighted by molar-refractivity contribution is 5.84. The van der Waals surface area contributed by atoms with Crippen molar-refractivity contribution in [2.75, 3.05) is 0 Å². The molecule has 1 amide bonds. The summed E-state index contributed by atoms with van der Waals surface area (Å²) in [6.45, 7) is 1.52. The van der Waals surface area contributed by atoms with Crippen molar-refractivity contribution in [3.05, 3.63) is 35.9 Å². The predicted octanol–water partition coefficient (Wildman–Crippen LogP) is 2.06. The van der Waals surface area contributed by atoms with Gasteiger partial charge in [0.15, 0.2) is 0 Å². The van der Waals surface area contributed by atoms with Gasteiger partial charge in [-0.2, -0.15) is 0 Å². The summed E-state index contributed by atoms with van der Waals surface area (Å²) in [6.07, 6.45) is 0.138. The third kappa shape index (κ3) is 3.36. The van der Waals surface area contributed by atoms with E-state index in [0.717, 1.165) is 5.56 Å². The Morgan fingerprint density at radius 3 is 2.65 bits per heavy atom. The summed E-state index contributed by atoms with van der Waals surface area (Å²) < 4.78 is 10.6. The molecular formula is C17H19NO5. The molecule has 0 unspecified atom stereocenters. The van der Waals surface area contributed by atoms with Gasteiger partial charge in [0.05, 0.1) is 6.04 Å². The second kappa shape index (κ2) is 6.40. The van der Waals surface area contributed by atoms with Gasteiger partial charge in [0.1, 0.15) is 18.5 Å². The Morgan fingerprint density at radius 2 is 1.96 bits per heavy atom. The summed E-state index contributed by atoms with van der Waals surface area (Å²) in [4.78, 5) is 37.0. The largest absolute Gasteiger partial charge is 0.460 e. The molecule has 0 aromatic heterocycles. The van der Waals surface area contributed by atoms with Crippen LogP contribution in [-0.2, 0) is 25.7 Å². The minimum atomic E-state index is -0.453. The summed E-state index contributed by atoms with van der Waals surface area (Å²) in [5, 5.41) is 0. The van der Waals surface area contributed by atoms with Crippen molar-refractivity contribution < 1.29 is 23.9 Å². The van der Waals surface area contributed by atoms with E-state index in [0.29, 0.717) is 12.8 Å². The Bertz CT molecular complexity index is 615. The van der Waals surface area contributed by atoms with Crippen molar-refractivity contribution in [1.29, 1.82) is 0 Å². The minimum absolute atomic E-state index is 0.0989. The van der Waals surface area contributed by atoms with Crippen LogP contribution in [0.3, 0.4) is 0 Å². The van der Waals surface area contributed by atoms with Gasteiger partial charge >= 0.3 is 12.1 Å². The maximum Gasteiger partial charge on any atom is 0.410 e. The van der Waals surface area contributed by atoms with Crippen molar-refractivity contribution in [3.8, 4) is 0 Å². The Kier molecular flexibility index (Phi) is 4.32. The second-order valence-corrected chi connectivity index (χ2v) is 6.00. The number of piperidine rings is 1. The highest BCUT2D eigenvalue weighted by Gasteiger charge is 2.50. The molecule has 6 nitrogen and oxygen atoms in total. The number of ether oxygens (including phenoxy) is 2. The number of esters is 1. The molecule has 2 bridgehead atoms. The van der Waals surface area contributed by atoms with Crippen molar-refractivity contribution >= 4 is 17.8 Å². The number of amides is 1. The predicted molar refractivity (Wildman–Crippen MR) is 80.5 cm³/mol.